The van der Waals surface area contributed by atoms with E-state index in [1.807, 2.05) is 18.2 Å². The smallest absolute Gasteiger partial charge is 0.0701 e. The Morgan fingerprint density at radius 1 is 1.31 bits per heavy atom. The Labute approximate surface area is 81.9 Å². The second kappa shape index (κ2) is 3.79. The zero-order valence-corrected chi connectivity index (χ0v) is 8.01. The fraction of sp³-hybridized carbons (Fsp3) is 0.300. The molecule has 3 heteroatoms. The number of hydrogen-bond donors (Lipinski definition) is 1. The van der Waals surface area contributed by atoms with Gasteiger partial charge in [0.15, 0.2) is 0 Å². The number of benzene rings is 1. The molecule has 2 aromatic rings. The molecular weight excluding hydrogens is 184 g/mol. The number of alkyl halides is 1. The molecule has 1 aromatic carbocycles. The van der Waals surface area contributed by atoms with Crippen molar-refractivity contribution in [1.29, 1.82) is 0 Å². The molecule has 2 nitrogen and oxygen atoms in total. The Kier molecular flexibility index (Phi) is 2.50. The maximum Gasteiger partial charge on any atom is 0.0701 e. The molecule has 0 saturated carbocycles. The third-order valence-corrected chi connectivity index (χ3v) is 2.36. The summed E-state index contributed by atoms with van der Waals surface area (Å²) in [6, 6.07) is 8.16. The first-order chi connectivity index (χ1) is 6.42. The van der Waals surface area contributed by atoms with E-state index in [-0.39, 0.29) is 0 Å². The van der Waals surface area contributed by atoms with Crippen LogP contribution in [0.15, 0.2) is 24.3 Å². The van der Waals surface area contributed by atoms with Crippen LogP contribution < -0.4 is 0 Å². The Bertz CT molecular complexity index is 394. The van der Waals surface area contributed by atoms with E-state index in [4.69, 9.17) is 11.6 Å². The van der Waals surface area contributed by atoms with Crippen LogP contribution in [0.5, 0.6) is 0 Å². The highest BCUT2D eigenvalue weighted by Gasteiger charge is 2.02. The van der Waals surface area contributed by atoms with Gasteiger partial charge in [-0.05, 0) is 18.9 Å². The lowest BCUT2D eigenvalue weighted by molar-refractivity contribution is 0.879. The molecule has 0 amide bonds. The number of halogens is 1. The summed E-state index contributed by atoms with van der Waals surface area (Å²) in [5.41, 5.74) is 2.23. The number of aromatic nitrogens is 2. The molecule has 0 aliphatic heterocycles. The Morgan fingerprint density at radius 2 is 2.15 bits per heavy atom. The second-order valence-corrected chi connectivity index (χ2v) is 3.39. The zero-order valence-electron chi connectivity index (χ0n) is 7.26. The van der Waals surface area contributed by atoms with E-state index in [1.54, 1.807) is 0 Å². The lowest BCUT2D eigenvalue weighted by atomic mass is 10.1. The van der Waals surface area contributed by atoms with Crippen molar-refractivity contribution in [3.8, 4) is 0 Å². The molecular formula is C10H11ClN2. The summed E-state index contributed by atoms with van der Waals surface area (Å²) >= 11 is 5.63. The van der Waals surface area contributed by atoms with Crippen LogP contribution in [0, 0.1) is 0 Å². The summed E-state index contributed by atoms with van der Waals surface area (Å²) in [5.74, 6) is 0.696. The maximum atomic E-state index is 5.63. The van der Waals surface area contributed by atoms with Gasteiger partial charge in [-0.2, -0.15) is 5.10 Å². The first kappa shape index (κ1) is 8.57. The number of nitrogens with one attached hydrogen (secondary N) is 1. The number of para-hydroxylation sites is 1. The average molecular weight is 195 g/mol. The van der Waals surface area contributed by atoms with Crippen LogP contribution in [0.25, 0.3) is 10.9 Å². The molecule has 1 aromatic heterocycles. The van der Waals surface area contributed by atoms with Gasteiger partial charge in [0.25, 0.3) is 0 Å². The van der Waals surface area contributed by atoms with Gasteiger partial charge < -0.3 is 0 Å². The molecule has 0 fully saturated rings. The highest BCUT2D eigenvalue weighted by molar-refractivity contribution is 6.17. The monoisotopic (exact) mass is 194 g/mol. The van der Waals surface area contributed by atoms with Crippen molar-refractivity contribution >= 4 is 22.5 Å². The van der Waals surface area contributed by atoms with Crippen molar-refractivity contribution < 1.29 is 0 Å². The molecule has 0 unspecified atom stereocenters. The standard InChI is InChI=1S/C10H11ClN2/c11-7-3-6-10-8-4-1-2-5-9(8)12-13-10/h1-2,4-5H,3,6-7H2,(H,12,13). The molecule has 0 atom stereocenters. The second-order valence-electron chi connectivity index (χ2n) is 3.01. The number of aromatic amines is 1. The summed E-state index contributed by atoms with van der Waals surface area (Å²) in [5, 5.41) is 8.47. The van der Waals surface area contributed by atoms with Gasteiger partial charge in [-0.15, -0.1) is 11.6 Å². The fourth-order valence-electron chi connectivity index (χ4n) is 1.45. The van der Waals surface area contributed by atoms with Crippen molar-refractivity contribution in [2.24, 2.45) is 0 Å². The maximum absolute atomic E-state index is 5.63. The third-order valence-electron chi connectivity index (χ3n) is 2.10. The number of nitrogens with zero attached hydrogens (tertiary/aromatic N) is 1. The van der Waals surface area contributed by atoms with E-state index in [2.05, 4.69) is 16.3 Å². The van der Waals surface area contributed by atoms with E-state index in [0.717, 1.165) is 24.1 Å². The molecule has 13 heavy (non-hydrogen) atoms. The minimum atomic E-state index is 0.696. The first-order valence-electron chi connectivity index (χ1n) is 4.40. The van der Waals surface area contributed by atoms with Crippen molar-refractivity contribution in [3.05, 3.63) is 30.0 Å². The van der Waals surface area contributed by atoms with Crippen LogP contribution in [0.3, 0.4) is 0 Å². The molecule has 0 radical (unpaired) electrons. The molecule has 1 N–H and O–H groups in total. The minimum absolute atomic E-state index is 0.696. The summed E-state index contributed by atoms with van der Waals surface area (Å²) in [4.78, 5) is 0. The minimum Gasteiger partial charge on any atom is -0.278 e. The van der Waals surface area contributed by atoms with Crippen LogP contribution in [-0.4, -0.2) is 16.1 Å². The molecule has 0 aliphatic carbocycles. The van der Waals surface area contributed by atoms with Gasteiger partial charge in [0.2, 0.25) is 0 Å². The van der Waals surface area contributed by atoms with Crippen molar-refractivity contribution in [1.82, 2.24) is 10.2 Å². The molecule has 68 valence electrons. The predicted molar refractivity (Wildman–Crippen MR) is 55.1 cm³/mol. The summed E-state index contributed by atoms with van der Waals surface area (Å²) < 4.78 is 0. The number of H-pyrrole nitrogens is 1. The van der Waals surface area contributed by atoms with Crippen LogP contribution >= 0.6 is 11.6 Å². The van der Waals surface area contributed by atoms with Gasteiger partial charge in [0.05, 0.1) is 11.2 Å². The molecule has 0 spiro atoms. The van der Waals surface area contributed by atoms with Gasteiger partial charge in [0, 0.05) is 11.3 Å². The van der Waals surface area contributed by atoms with Crippen molar-refractivity contribution in [3.63, 3.8) is 0 Å². The Hall–Kier alpha value is -1.02. The van der Waals surface area contributed by atoms with Gasteiger partial charge >= 0.3 is 0 Å². The highest BCUT2D eigenvalue weighted by Crippen LogP contribution is 2.16. The zero-order chi connectivity index (χ0) is 9.10. The van der Waals surface area contributed by atoms with Gasteiger partial charge in [-0.25, -0.2) is 0 Å². The van der Waals surface area contributed by atoms with Crippen molar-refractivity contribution in [2.75, 3.05) is 5.88 Å². The summed E-state index contributed by atoms with van der Waals surface area (Å²) in [6.45, 7) is 0. The first-order valence-corrected chi connectivity index (χ1v) is 4.93. The molecule has 1 heterocycles. The summed E-state index contributed by atoms with van der Waals surface area (Å²) in [7, 11) is 0. The van der Waals surface area contributed by atoms with Crippen LogP contribution in [0.2, 0.25) is 0 Å². The number of fused-ring (bicyclic) bond motifs is 1. The topological polar surface area (TPSA) is 28.7 Å². The average Bonchev–Trinajstić information content (AvgIpc) is 2.58. The SMILES string of the molecule is ClCCCc1n[nH]c2ccccc12. The predicted octanol–water partition coefficient (Wildman–Crippen LogP) is 2.73. The van der Waals surface area contributed by atoms with E-state index >= 15 is 0 Å². The van der Waals surface area contributed by atoms with E-state index in [9.17, 15) is 0 Å². The van der Waals surface area contributed by atoms with Gasteiger partial charge in [0.1, 0.15) is 0 Å². The lowest BCUT2D eigenvalue weighted by Crippen LogP contribution is -1.86. The number of hydrogen-bond acceptors (Lipinski definition) is 1. The number of rotatable bonds is 3. The van der Waals surface area contributed by atoms with E-state index in [1.165, 1.54) is 5.39 Å². The van der Waals surface area contributed by atoms with Gasteiger partial charge in [-0.1, -0.05) is 18.2 Å². The van der Waals surface area contributed by atoms with Crippen molar-refractivity contribution in [2.45, 2.75) is 12.8 Å². The van der Waals surface area contributed by atoms with E-state index in [0.29, 0.717) is 5.88 Å². The lowest BCUT2D eigenvalue weighted by Gasteiger charge is -1.93. The fourth-order valence-corrected chi connectivity index (χ4v) is 1.58. The Balaban J connectivity index is 2.35. The Morgan fingerprint density at radius 3 is 3.00 bits per heavy atom. The highest BCUT2D eigenvalue weighted by atomic mass is 35.5. The van der Waals surface area contributed by atoms with E-state index < -0.39 is 0 Å². The molecule has 0 saturated heterocycles. The summed E-state index contributed by atoms with van der Waals surface area (Å²) in [6.07, 6.45) is 1.93. The largest absolute Gasteiger partial charge is 0.278 e. The molecule has 2 rings (SSSR count). The van der Waals surface area contributed by atoms with Gasteiger partial charge in [-0.3, -0.25) is 5.10 Å². The third kappa shape index (κ3) is 1.68. The quantitative estimate of drug-likeness (QED) is 0.748. The van der Waals surface area contributed by atoms with Crippen LogP contribution in [-0.2, 0) is 6.42 Å². The number of aryl methyl sites for hydroxylation is 1. The van der Waals surface area contributed by atoms with Crippen LogP contribution in [0.1, 0.15) is 12.1 Å². The normalized spacial score (nSPS) is 10.8. The molecule has 0 bridgehead atoms. The van der Waals surface area contributed by atoms with Crippen LogP contribution in [0.4, 0.5) is 0 Å². The molecule has 0 aliphatic rings.